The fourth-order valence-electron chi connectivity index (χ4n) is 0.333. The lowest BCUT2D eigenvalue weighted by molar-refractivity contribution is -0.153. The van der Waals surface area contributed by atoms with E-state index in [1.807, 2.05) is 0 Å². The Balaban J connectivity index is 2.68. The van der Waals surface area contributed by atoms with Gasteiger partial charge in [0.2, 0.25) is 0 Å². The van der Waals surface area contributed by atoms with Crippen molar-refractivity contribution in [1.82, 2.24) is 0 Å². The minimum atomic E-state index is -0.725. The van der Waals surface area contributed by atoms with E-state index in [0.717, 1.165) is 6.08 Å². The molecule has 1 rings (SSSR count). The van der Waals surface area contributed by atoms with Crippen LogP contribution in [0.2, 0.25) is 0 Å². The molecular formula is C5H2O3. The zero-order chi connectivity index (χ0) is 5.98. The first-order valence-electron chi connectivity index (χ1n) is 1.98. The molecule has 0 aromatic carbocycles. The topological polar surface area (TPSA) is 43.4 Å². The highest BCUT2D eigenvalue weighted by molar-refractivity contribution is 5.99. The summed E-state index contributed by atoms with van der Waals surface area (Å²) in [4.78, 5) is 20.2. The molecule has 0 amide bonds. The predicted molar refractivity (Wildman–Crippen MR) is 23.5 cm³/mol. The molecule has 0 aliphatic carbocycles. The Morgan fingerprint density at radius 1 is 1.50 bits per heavy atom. The Hall–Kier alpha value is -1.12. The molecular weight excluding hydrogens is 108 g/mol. The molecule has 1 aliphatic heterocycles. The number of carbonyl (C=O) groups excluding carboxylic acids is 2. The number of hydrogen-bond donors (Lipinski definition) is 0. The van der Waals surface area contributed by atoms with Gasteiger partial charge in [-0.2, -0.15) is 0 Å². The van der Waals surface area contributed by atoms with Crippen LogP contribution in [0.25, 0.3) is 0 Å². The van der Waals surface area contributed by atoms with E-state index >= 15 is 0 Å². The van der Waals surface area contributed by atoms with Crippen molar-refractivity contribution in [3.63, 3.8) is 0 Å². The summed E-state index contributed by atoms with van der Waals surface area (Å²) in [6, 6.07) is 0. The highest BCUT2D eigenvalue weighted by Crippen LogP contribution is 1.95. The van der Waals surface area contributed by atoms with Gasteiger partial charge in [0, 0.05) is 6.08 Å². The number of rotatable bonds is 0. The van der Waals surface area contributed by atoms with Crippen molar-refractivity contribution in [1.29, 1.82) is 0 Å². The van der Waals surface area contributed by atoms with E-state index in [1.165, 1.54) is 6.08 Å². The zero-order valence-electron chi connectivity index (χ0n) is 3.88. The molecule has 1 heterocycles. The average molecular weight is 110 g/mol. The SMILES string of the molecule is O=C1[C]C=CC(=O)O1. The molecule has 0 aromatic rings. The maximum atomic E-state index is 10.1. The van der Waals surface area contributed by atoms with E-state index < -0.39 is 11.9 Å². The van der Waals surface area contributed by atoms with Crippen LogP contribution in [0, 0.1) is 6.42 Å². The zero-order valence-corrected chi connectivity index (χ0v) is 3.88. The second kappa shape index (κ2) is 1.78. The van der Waals surface area contributed by atoms with E-state index in [1.54, 1.807) is 0 Å². The van der Waals surface area contributed by atoms with Crippen LogP contribution in [0.4, 0.5) is 0 Å². The Bertz CT molecular complexity index is 157. The molecule has 1 aliphatic rings. The third-order valence-electron chi connectivity index (χ3n) is 0.614. The van der Waals surface area contributed by atoms with Crippen LogP contribution in [0.5, 0.6) is 0 Å². The summed E-state index contributed by atoms with van der Waals surface area (Å²) in [7, 11) is 0. The number of esters is 2. The molecule has 3 heteroatoms. The van der Waals surface area contributed by atoms with Crippen molar-refractivity contribution in [2.75, 3.05) is 0 Å². The summed E-state index contributed by atoms with van der Waals surface area (Å²) < 4.78 is 4.01. The van der Waals surface area contributed by atoms with Gasteiger partial charge in [-0.15, -0.1) is 0 Å². The van der Waals surface area contributed by atoms with Gasteiger partial charge < -0.3 is 4.74 Å². The van der Waals surface area contributed by atoms with Crippen LogP contribution in [-0.4, -0.2) is 11.9 Å². The standard InChI is InChI=1S/C5H2O3/c6-4-2-1-3-5(7)8-4/h1-2H. The van der Waals surface area contributed by atoms with Gasteiger partial charge >= 0.3 is 11.9 Å². The summed E-state index contributed by atoms with van der Waals surface area (Å²) in [6.07, 6.45) is 4.51. The smallest absolute Gasteiger partial charge is 0.338 e. The lowest BCUT2D eigenvalue weighted by Gasteiger charge is -1.98. The fraction of sp³-hybridized carbons (Fsp3) is 0. The Labute approximate surface area is 45.9 Å². The monoisotopic (exact) mass is 110 g/mol. The summed E-state index contributed by atoms with van der Waals surface area (Å²) in [6.45, 7) is 0. The molecule has 0 N–H and O–H groups in total. The molecule has 0 atom stereocenters. The third kappa shape index (κ3) is 0.932. The van der Waals surface area contributed by atoms with Gasteiger partial charge in [-0.3, -0.25) is 4.79 Å². The average Bonchev–Trinajstić information content (AvgIpc) is 1.64. The van der Waals surface area contributed by atoms with Crippen molar-refractivity contribution in [3.05, 3.63) is 18.6 Å². The van der Waals surface area contributed by atoms with Crippen molar-refractivity contribution < 1.29 is 14.3 Å². The van der Waals surface area contributed by atoms with Crippen molar-refractivity contribution >= 4 is 11.9 Å². The second-order valence-corrected chi connectivity index (χ2v) is 1.19. The van der Waals surface area contributed by atoms with Crippen molar-refractivity contribution in [3.8, 4) is 0 Å². The molecule has 0 bridgehead atoms. The van der Waals surface area contributed by atoms with Gasteiger partial charge in [-0.1, -0.05) is 6.08 Å². The number of carbonyl (C=O) groups is 2. The lowest BCUT2D eigenvalue weighted by Crippen LogP contribution is -2.13. The first kappa shape index (κ1) is 5.03. The molecule has 0 fully saturated rings. The largest absolute Gasteiger partial charge is 0.389 e. The highest BCUT2D eigenvalue weighted by Gasteiger charge is 2.10. The molecule has 40 valence electrons. The lowest BCUT2D eigenvalue weighted by atomic mass is 10.3. The first-order valence-corrected chi connectivity index (χ1v) is 1.98. The van der Waals surface area contributed by atoms with Crippen LogP contribution in [0.15, 0.2) is 12.2 Å². The van der Waals surface area contributed by atoms with Gasteiger partial charge in [-0.05, 0) is 0 Å². The molecule has 0 spiro atoms. The van der Waals surface area contributed by atoms with Crippen molar-refractivity contribution in [2.24, 2.45) is 0 Å². The van der Waals surface area contributed by atoms with Crippen LogP contribution in [0.3, 0.4) is 0 Å². The van der Waals surface area contributed by atoms with E-state index in [9.17, 15) is 9.59 Å². The van der Waals surface area contributed by atoms with E-state index in [4.69, 9.17) is 0 Å². The van der Waals surface area contributed by atoms with Gasteiger partial charge in [-0.25, -0.2) is 4.79 Å². The van der Waals surface area contributed by atoms with Gasteiger partial charge in [0.25, 0.3) is 0 Å². The summed E-state index contributed by atoms with van der Waals surface area (Å²) in [5.74, 6) is -1.36. The van der Waals surface area contributed by atoms with Crippen LogP contribution in [-0.2, 0) is 14.3 Å². The quantitative estimate of drug-likeness (QED) is 0.318. The number of ether oxygens (including phenoxy) is 1. The molecule has 3 nitrogen and oxygen atoms in total. The van der Waals surface area contributed by atoms with E-state index in [2.05, 4.69) is 11.2 Å². The van der Waals surface area contributed by atoms with E-state index in [-0.39, 0.29) is 0 Å². The molecule has 0 unspecified atom stereocenters. The Kier molecular flexibility index (Phi) is 1.12. The van der Waals surface area contributed by atoms with Crippen LogP contribution >= 0.6 is 0 Å². The minimum absolute atomic E-state index is 0.631. The molecule has 0 aromatic heterocycles. The molecule has 0 saturated heterocycles. The highest BCUT2D eigenvalue weighted by atomic mass is 16.6. The number of cyclic esters (lactones) is 2. The van der Waals surface area contributed by atoms with Crippen LogP contribution in [0.1, 0.15) is 0 Å². The van der Waals surface area contributed by atoms with Gasteiger partial charge in [0.1, 0.15) is 6.42 Å². The minimum Gasteiger partial charge on any atom is -0.389 e. The van der Waals surface area contributed by atoms with Crippen LogP contribution < -0.4 is 0 Å². The Morgan fingerprint density at radius 3 is 2.62 bits per heavy atom. The maximum Gasteiger partial charge on any atom is 0.338 e. The molecule has 0 saturated carbocycles. The van der Waals surface area contributed by atoms with E-state index in [0.29, 0.717) is 0 Å². The molecule has 8 heavy (non-hydrogen) atoms. The van der Waals surface area contributed by atoms with Crippen molar-refractivity contribution in [2.45, 2.75) is 0 Å². The normalized spacial score (nSPS) is 18.5. The third-order valence-corrected chi connectivity index (χ3v) is 0.614. The fourth-order valence-corrected chi connectivity index (χ4v) is 0.333. The summed E-state index contributed by atoms with van der Waals surface area (Å²) in [5.41, 5.74) is 0. The Morgan fingerprint density at radius 2 is 2.25 bits per heavy atom. The second-order valence-electron chi connectivity index (χ2n) is 1.19. The maximum absolute atomic E-state index is 10.1. The van der Waals surface area contributed by atoms with Gasteiger partial charge in [0.05, 0.1) is 0 Å². The predicted octanol–water partition coefficient (Wildman–Crippen LogP) is -0.293. The molecule has 2 radical (unpaired) electrons. The van der Waals surface area contributed by atoms with Gasteiger partial charge in [0.15, 0.2) is 0 Å². The number of hydrogen-bond acceptors (Lipinski definition) is 3. The first-order chi connectivity index (χ1) is 3.79. The summed E-state index contributed by atoms with van der Waals surface area (Å²) >= 11 is 0. The summed E-state index contributed by atoms with van der Waals surface area (Å²) in [5, 5.41) is 0.